The summed E-state index contributed by atoms with van der Waals surface area (Å²) < 4.78 is 37.0. The van der Waals surface area contributed by atoms with E-state index in [4.69, 9.17) is 9.47 Å². The minimum absolute atomic E-state index is 0.0875. The van der Waals surface area contributed by atoms with Gasteiger partial charge in [0.2, 0.25) is 28.6 Å². The molecule has 0 aromatic heterocycles. The number of aryl methyl sites for hydroxylation is 1. The molecule has 2 aromatic rings. The predicted octanol–water partition coefficient (Wildman–Crippen LogP) is 3.46. The van der Waals surface area contributed by atoms with Gasteiger partial charge in [0.15, 0.2) is 11.5 Å². The normalized spacial score (nSPS) is 13.4. The van der Waals surface area contributed by atoms with Crippen LogP contribution in [0.5, 0.6) is 11.5 Å². The number of anilines is 1. The van der Waals surface area contributed by atoms with Crippen LogP contribution in [0.1, 0.15) is 44.7 Å². The molecule has 1 aliphatic heterocycles. The number of benzene rings is 2. The van der Waals surface area contributed by atoms with Gasteiger partial charge in [-0.2, -0.15) is 0 Å². The topological polar surface area (TPSA) is 105 Å². The van der Waals surface area contributed by atoms with Crippen molar-refractivity contribution in [2.24, 2.45) is 5.92 Å². The fourth-order valence-corrected chi connectivity index (χ4v) is 4.93. The number of nitrogens with zero attached hydrogens (tertiary/aromatic N) is 2. The van der Waals surface area contributed by atoms with E-state index < -0.39 is 16.1 Å². The van der Waals surface area contributed by atoms with Crippen molar-refractivity contribution in [1.29, 1.82) is 0 Å². The highest BCUT2D eigenvalue weighted by Crippen LogP contribution is 2.36. The quantitative estimate of drug-likeness (QED) is 0.450. The van der Waals surface area contributed by atoms with Crippen LogP contribution in [0.2, 0.25) is 0 Å². The van der Waals surface area contributed by atoms with E-state index in [0.29, 0.717) is 23.7 Å². The summed E-state index contributed by atoms with van der Waals surface area (Å²) in [5.41, 5.74) is 2.46. The van der Waals surface area contributed by atoms with Gasteiger partial charge in [-0.1, -0.05) is 43.7 Å². The Morgan fingerprint density at radius 2 is 1.70 bits per heavy atom. The number of rotatable bonds is 12. The van der Waals surface area contributed by atoms with Gasteiger partial charge in [0.25, 0.3) is 0 Å². The number of fused-ring (bicyclic) bond motifs is 1. The standard InChI is InChI=1S/C27H37N3O6S/c1-19(2)16-28-27(32)21(4)29(17-22-10-8-20(3)9-11-22)26(31)7-6-14-30(37(5,33)34)23-12-13-24-25(15-23)36-18-35-24/h8-13,15,19,21H,6-7,14,16-18H2,1-5H3,(H,28,32)/t21-/m1/s1. The number of ether oxygens (including phenoxy) is 2. The maximum absolute atomic E-state index is 13.4. The number of carbonyl (C=O) groups excluding carboxylic acids is 2. The first-order valence-corrected chi connectivity index (χ1v) is 14.3. The van der Waals surface area contributed by atoms with Crippen LogP contribution in [0.4, 0.5) is 5.69 Å². The zero-order chi connectivity index (χ0) is 27.2. The summed E-state index contributed by atoms with van der Waals surface area (Å²) in [6.45, 7) is 8.73. The van der Waals surface area contributed by atoms with Gasteiger partial charge in [0, 0.05) is 32.1 Å². The maximum Gasteiger partial charge on any atom is 0.242 e. The second-order valence-electron chi connectivity index (χ2n) is 9.80. The fourth-order valence-electron chi connectivity index (χ4n) is 3.97. The molecule has 2 amide bonds. The minimum atomic E-state index is -3.60. The highest BCUT2D eigenvalue weighted by Gasteiger charge is 2.27. The van der Waals surface area contributed by atoms with Crippen molar-refractivity contribution in [2.75, 3.05) is 30.4 Å². The molecule has 0 radical (unpaired) electrons. The van der Waals surface area contributed by atoms with Crippen LogP contribution in [0.25, 0.3) is 0 Å². The van der Waals surface area contributed by atoms with Crippen LogP contribution in [-0.4, -0.2) is 57.3 Å². The van der Waals surface area contributed by atoms with Crippen LogP contribution in [0, 0.1) is 12.8 Å². The first kappa shape index (κ1) is 28.3. The maximum atomic E-state index is 13.4. The van der Waals surface area contributed by atoms with E-state index in [2.05, 4.69) is 5.32 Å². The Kier molecular flexibility index (Phi) is 9.42. The third-order valence-corrected chi connectivity index (χ3v) is 7.32. The molecule has 0 spiro atoms. The lowest BCUT2D eigenvalue weighted by molar-refractivity contribution is -0.140. The third kappa shape index (κ3) is 7.85. The van der Waals surface area contributed by atoms with E-state index in [9.17, 15) is 18.0 Å². The summed E-state index contributed by atoms with van der Waals surface area (Å²) in [7, 11) is -3.60. The second kappa shape index (κ2) is 12.3. The molecule has 3 rings (SSSR count). The van der Waals surface area contributed by atoms with Crippen LogP contribution in [0.15, 0.2) is 42.5 Å². The van der Waals surface area contributed by atoms with Gasteiger partial charge < -0.3 is 19.7 Å². The van der Waals surface area contributed by atoms with E-state index in [0.717, 1.165) is 17.4 Å². The summed E-state index contributed by atoms with van der Waals surface area (Å²) in [5, 5.41) is 2.91. The largest absolute Gasteiger partial charge is 0.454 e. The molecule has 0 unspecified atom stereocenters. The second-order valence-corrected chi connectivity index (χ2v) is 11.7. The number of amides is 2. The molecule has 0 saturated carbocycles. The van der Waals surface area contributed by atoms with Crippen LogP contribution in [-0.2, 0) is 26.2 Å². The minimum Gasteiger partial charge on any atom is -0.454 e. The molecule has 202 valence electrons. The molecule has 2 aromatic carbocycles. The van der Waals surface area contributed by atoms with E-state index in [1.807, 2.05) is 45.0 Å². The molecule has 1 aliphatic rings. The van der Waals surface area contributed by atoms with Crippen molar-refractivity contribution in [3.63, 3.8) is 0 Å². The van der Waals surface area contributed by atoms with Gasteiger partial charge in [-0.15, -0.1) is 0 Å². The van der Waals surface area contributed by atoms with Crippen molar-refractivity contribution in [1.82, 2.24) is 10.2 Å². The van der Waals surface area contributed by atoms with E-state index >= 15 is 0 Å². The predicted molar refractivity (Wildman–Crippen MR) is 143 cm³/mol. The van der Waals surface area contributed by atoms with Crippen molar-refractivity contribution >= 4 is 27.5 Å². The summed E-state index contributed by atoms with van der Waals surface area (Å²) in [5.74, 6) is 0.895. The molecule has 37 heavy (non-hydrogen) atoms. The first-order valence-electron chi connectivity index (χ1n) is 12.5. The van der Waals surface area contributed by atoms with Gasteiger partial charge in [-0.05, 0) is 43.9 Å². The van der Waals surface area contributed by atoms with Crippen molar-refractivity contribution in [2.45, 2.75) is 53.1 Å². The highest BCUT2D eigenvalue weighted by molar-refractivity contribution is 7.92. The van der Waals surface area contributed by atoms with Gasteiger partial charge in [-0.3, -0.25) is 13.9 Å². The third-order valence-electron chi connectivity index (χ3n) is 6.12. The number of carbonyl (C=O) groups is 2. The Labute approximate surface area is 219 Å². The van der Waals surface area contributed by atoms with Crippen molar-refractivity contribution in [3.05, 3.63) is 53.6 Å². The molecule has 1 N–H and O–H groups in total. The van der Waals surface area contributed by atoms with Crippen LogP contribution >= 0.6 is 0 Å². The highest BCUT2D eigenvalue weighted by atomic mass is 32.2. The molecule has 10 heteroatoms. The number of sulfonamides is 1. The van der Waals surface area contributed by atoms with E-state index in [1.165, 1.54) is 4.31 Å². The zero-order valence-electron chi connectivity index (χ0n) is 22.2. The molecular weight excluding hydrogens is 494 g/mol. The Hall–Kier alpha value is -3.27. The average Bonchev–Trinajstić information content (AvgIpc) is 3.31. The van der Waals surface area contributed by atoms with E-state index in [1.54, 1.807) is 30.0 Å². The van der Waals surface area contributed by atoms with Gasteiger partial charge in [0.1, 0.15) is 6.04 Å². The molecule has 0 aliphatic carbocycles. The Balaban J connectivity index is 1.71. The lowest BCUT2D eigenvalue weighted by Gasteiger charge is -2.29. The van der Waals surface area contributed by atoms with E-state index in [-0.39, 0.29) is 50.5 Å². The summed E-state index contributed by atoms with van der Waals surface area (Å²) in [6.07, 6.45) is 1.50. The fraction of sp³-hybridized carbons (Fsp3) is 0.481. The zero-order valence-corrected chi connectivity index (χ0v) is 23.0. The molecular formula is C27H37N3O6S. The number of hydrogen-bond donors (Lipinski definition) is 1. The molecule has 0 saturated heterocycles. The van der Waals surface area contributed by atoms with Crippen LogP contribution < -0.4 is 19.1 Å². The Morgan fingerprint density at radius 3 is 2.35 bits per heavy atom. The van der Waals surface area contributed by atoms with Crippen molar-refractivity contribution in [3.8, 4) is 11.5 Å². The molecule has 9 nitrogen and oxygen atoms in total. The molecule has 1 atom stereocenters. The van der Waals surface area contributed by atoms with Gasteiger partial charge >= 0.3 is 0 Å². The molecule has 0 bridgehead atoms. The van der Waals surface area contributed by atoms with Crippen molar-refractivity contribution < 1.29 is 27.5 Å². The molecule has 0 fully saturated rings. The molecule has 1 heterocycles. The monoisotopic (exact) mass is 531 g/mol. The Bertz CT molecular complexity index is 1200. The SMILES string of the molecule is Cc1ccc(CN(C(=O)CCCN(c2ccc3c(c2)OCO3)S(C)(=O)=O)[C@H](C)C(=O)NCC(C)C)cc1. The first-order chi connectivity index (χ1) is 17.5. The smallest absolute Gasteiger partial charge is 0.242 e. The number of nitrogens with one attached hydrogen (secondary N) is 1. The summed E-state index contributed by atoms with van der Waals surface area (Å²) in [6, 6.07) is 12.1. The van der Waals surface area contributed by atoms with Crippen LogP contribution in [0.3, 0.4) is 0 Å². The van der Waals surface area contributed by atoms with Gasteiger partial charge in [0.05, 0.1) is 11.9 Å². The lowest BCUT2D eigenvalue weighted by atomic mass is 10.1. The lowest BCUT2D eigenvalue weighted by Crippen LogP contribution is -2.48. The summed E-state index contributed by atoms with van der Waals surface area (Å²) in [4.78, 5) is 27.7. The Morgan fingerprint density at radius 1 is 1.03 bits per heavy atom. The summed E-state index contributed by atoms with van der Waals surface area (Å²) >= 11 is 0. The number of hydrogen-bond acceptors (Lipinski definition) is 6. The van der Waals surface area contributed by atoms with Gasteiger partial charge in [-0.25, -0.2) is 8.42 Å². The average molecular weight is 532 g/mol.